The van der Waals surface area contributed by atoms with Crippen molar-refractivity contribution < 1.29 is 19.4 Å². The molecule has 1 saturated heterocycles. The highest BCUT2D eigenvalue weighted by Gasteiger charge is 2.33. The number of carbonyl (C=O) groups is 1. The Kier molecular flexibility index (Phi) is 3.13. The van der Waals surface area contributed by atoms with E-state index in [4.69, 9.17) is 0 Å². The van der Waals surface area contributed by atoms with Gasteiger partial charge in [0, 0.05) is 13.1 Å². The maximum absolute atomic E-state index is 13.6. The van der Waals surface area contributed by atoms with Crippen LogP contribution in [0, 0.1) is 12.7 Å². The van der Waals surface area contributed by atoms with Gasteiger partial charge in [0.25, 0.3) is 5.91 Å². The van der Waals surface area contributed by atoms with Gasteiger partial charge in [-0.2, -0.15) is 0 Å². The third kappa shape index (κ3) is 2.30. The standard InChI is InChI=1S/C12H14FNO3/c1-7-2-3-8(9(13)4-7)12(17)14-5-10(15)11(16)6-14/h2-4,10-11,15-16H,5-6H2,1H3. The minimum Gasteiger partial charge on any atom is -0.388 e. The van der Waals surface area contributed by atoms with Crippen molar-refractivity contribution in [3.8, 4) is 0 Å². The zero-order chi connectivity index (χ0) is 12.6. The van der Waals surface area contributed by atoms with Crippen molar-refractivity contribution in [2.24, 2.45) is 0 Å². The van der Waals surface area contributed by atoms with Crippen LogP contribution in [-0.2, 0) is 0 Å². The van der Waals surface area contributed by atoms with Crippen LogP contribution in [0.15, 0.2) is 18.2 Å². The summed E-state index contributed by atoms with van der Waals surface area (Å²) < 4.78 is 13.6. The lowest BCUT2D eigenvalue weighted by molar-refractivity contribution is 0.0572. The summed E-state index contributed by atoms with van der Waals surface area (Å²) >= 11 is 0. The van der Waals surface area contributed by atoms with E-state index in [1.807, 2.05) is 0 Å². The molecule has 1 aliphatic heterocycles. The Morgan fingerprint density at radius 2 is 1.94 bits per heavy atom. The Hall–Kier alpha value is -1.46. The molecule has 0 radical (unpaired) electrons. The molecule has 1 amide bonds. The first kappa shape index (κ1) is 12.0. The molecule has 17 heavy (non-hydrogen) atoms. The maximum atomic E-state index is 13.6. The van der Waals surface area contributed by atoms with E-state index in [1.54, 1.807) is 13.0 Å². The summed E-state index contributed by atoms with van der Waals surface area (Å²) in [5.41, 5.74) is 0.706. The average Bonchev–Trinajstić information content (AvgIpc) is 2.58. The number of β-amino-alcohol motifs (C(OH)–C–C–N with tert-alkyl or cyclic N) is 2. The molecule has 2 unspecified atom stereocenters. The van der Waals surface area contributed by atoms with E-state index < -0.39 is 23.9 Å². The molecule has 0 spiro atoms. The number of aryl methyl sites for hydroxylation is 1. The van der Waals surface area contributed by atoms with Crippen LogP contribution in [0.3, 0.4) is 0 Å². The van der Waals surface area contributed by atoms with Crippen LogP contribution in [0.2, 0.25) is 0 Å². The Morgan fingerprint density at radius 1 is 1.35 bits per heavy atom. The van der Waals surface area contributed by atoms with Crippen molar-refractivity contribution in [2.45, 2.75) is 19.1 Å². The molecule has 1 aromatic carbocycles. The summed E-state index contributed by atoms with van der Waals surface area (Å²) in [7, 11) is 0. The number of halogens is 1. The first-order chi connectivity index (χ1) is 7.99. The number of nitrogens with zero attached hydrogens (tertiary/aromatic N) is 1. The molecule has 2 N–H and O–H groups in total. The lowest BCUT2D eigenvalue weighted by Crippen LogP contribution is -2.30. The monoisotopic (exact) mass is 239 g/mol. The highest BCUT2D eigenvalue weighted by Crippen LogP contribution is 2.17. The molecule has 92 valence electrons. The molecular weight excluding hydrogens is 225 g/mol. The second-order valence-electron chi connectivity index (χ2n) is 4.33. The van der Waals surface area contributed by atoms with Crippen LogP contribution in [0.5, 0.6) is 0 Å². The van der Waals surface area contributed by atoms with Gasteiger partial charge in [-0.05, 0) is 24.6 Å². The van der Waals surface area contributed by atoms with Crippen molar-refractivity contribution in [3.05, 3.63) is 35.1 Å². The lowest BCUT2D eigenvalue weighted by Gasteiger charge is -2.15. The molecular formula is C12H14FNO3. The van der Waals surface area contributed by atoms with Gasteiger partial charge in [-0.1, -0.05) is 6.07 Å². The number of likely N-dealkylation sites (tertiary alicyclic amines) is 1. The second-order valence-corrected chi connectivity index (χ2v) is 4.33. The van der Waals surface area contributed by atoms with Crippen LogP contribution in [0.1, 0.15) is 15.9 Å². The van der Waals surface area contributed by atoms with Crippen LogP contribution in [0.25, 0.3) is 0 Å². The largest absolute Gasteiger partial charge is 0.388 e. The Labute approximate surface area is 98.3 Å². The van der Waals surface area contributed by atoms with Crippen molar-refractivity contribution >= 4 is 5.91 Å². The molecule has 5 heteroatoms. The first-order valence-electron chi connectivity index (χ1n) is 5.40. The van der Waals surface area contributed by atoms with Crippen LogP contribution >= 0.6 is 0 Å². The number of amides is 1. The minimum atomic E-state index is -0.951. The van der Waals surface area contributed by atoms with Gasteiger partial charge in [0.05, 0.1) is 17.8 Å². The van der Waals surface area contributed by atoms with Crippen molar-refractivity contribution in [1.29, 1.82) is 0 Å². The SMILES string of the molecule is Cc1ccc(C(=O)N2CC(O)C(O)C2)c(F)c1. The van der Waals surface area contributed by atoms with Gasteiger partial charge in [0.2, 0.25) is 0 Å². The van der Waals surface area contributed by atoms with Gasteiger partial charge in [0.15, 0.2) is 0 Å². The van der Waals surface area contributed by atoms with E-state index in [0.717, 1.165) is 5.56 Å². The van der Waals surface area contributed by atoms with Gasteiger partial charge >= 0.3 is 0 Å². The molecule has 1 heterocycles. The second kappa shape index (κ2) is 4.43. The van der Waals surface area contributed by atoms with Crippen LogP contribution in [-0.4, -0.2) is 46.3 Å². The van der Waals surface area contributed by atoms with E-state index in [0.29, 0.717) is 0 Å². The third-order valence-electron chi connectivity index (χ3n) is 2.90. The number of carbonyl (C=O) groups excluding carboxylic acids is 1. The summed E-state index contributed by atoms with van der Waals surface area (Å²) in [6, 6.07) is 4.36. The first-order valence-corrected chi connectivity index (χ1v) is 5.40. The molecule has 1 aromatic rings. The molecule has 0 saturated carbocycles. The molecule has 1 aliphatic rings. The number of benzene rings is 1. The normalized spacial score (nSPS) is 24.1. The number of aliphatic hydroxyl groups is 2. The predicted octanol–water partition coefficient (Wildman–Crippen LogP) is 0.312. The summed E-state index contributed by atoms with van der Waals surface area (Å²) in [6.07, 6.45) is -1.90. The van der Waals surface area contributed by atoms with E-state index in [-0.39, 0.29) is 18.7 Å². The summed E-state index contributed by atoms with van der Waals surface area (Å²) in [4.78, 5) is 13.2. The fraction of sp³-hybridized carbons (Fsp3) is 0.417. The summed E-state index contributed by atoms with van der Waals surface area (Å²) in [6.45, 7) is 1.81. The highest BCUT2D eigenvalue weighted by atomic mass is 19.1. The molecule has 0 aliphatic carbocycles. The van der Waals surface area contributed by atoms with Gasteiger partial charge in [-0.15, -0.1) is 0 Å². The zero-order valence-corrected chi connectivity index (χ0v) is 9.43. The highest BCUT2D eigenvalue weighted by molar-refractivity contribution is 5.94. The van der Waals surface area contributed by atoms with Gasteiger partial charge < -0.3 is 15.1 Å². The van der Waals surface area contributed by atoms with Gasteiger partial charge in [-0.3, -0.25) is 4.79 Å². The van der Waals surface area contributed by atoms with E-state index in [9.17, 15) is 19.4 Å². The Balaban J connectivity index is 2.20. The van der Waals surface area contributed by atoms with Crippen molar-refractivity contribution in [1.82, 2.24) is 4.90 Å². The average molecular weight is 239 g/mol. The molecule has 2 atom stereocenters. The molecule has 0 aromatic heterocycles. The van der Waals surface area contributed by atoms with Crippen molar-refractivity contribution in [2.75, 3.05) is 13.1 Å². The summed E-state index contributed by atoms with van der Waals surface area (Å²) in [5.74, 6) is -1.08. The van der Waals surface area contributed by atoms with E-state index in [1.165, 1.54) is 17.0 Å². The van der Waals surface area contributed by atoms with E-state index in [2.05, 4.69) is 0 Å². The topological polar surface area (TPSA) is 60.8 Å². The molecule has 2 rings (SSSR count). The lowest BCUT2D eigenvalue weighted by atomic mass is 10.1. The number of rotatable bonds is 1. The zero-order valence-electron chi connectivity index (χ0n) is 9.43. The summed E-state index contributed by atoms with van der Waals surface area (Å²) in [5, 5.41) is 18.7. The number of hydrogen-bond donors (Lipinski definition) is 2. The molecule has 0 bridgehead atoms. The minimum absolute atomic E-state index is 0.0306. The predicted molar refractivity (Wildman–Crippen MR) is 59.1 cm³/mol. The van der Waals surface area contributed by atoms with Crippen molar-refractivity contribution in [3.63, 3.8) is 0 Å². The van der Waals surface area contributed by atoms with Gasteiger partial charge in [-0.25, -0.2) is 4.39 Å². The molecule has 4 nitrogen and oxygen atoms in total. The Morgan fingerprint density at radius 3 is 2.47 bits per heavy atom. The fourth-order valence-corrected chi connectivity index (χ4v) is 1.90. The molecule has 1 fully saturated rings. The Bertz CT molecular complexity index is 439. The van der Waals surface area contributed by atoms with E-state index >= 15 is 0 Å². The number of aliphatic hydroxyl groups excluding tert-OH is 2. The quantitative estimate of drug-likeness (QED) is 0.741. The van der Waals surface area contributed by atoms with Gasteiger partial charge in [0.1, 0.15) is 5.82 Å². The number of hydrogen-bond acceptors (Lipinski definition) is 3. The smallest absolute Gasteiger partial charge is 0.257 e. The van der Waals surface area contributed by atoms with Crippen LogP contribution < -0.4 is 0 Å². The fourth-order valence-electron chi connectivity index (χ4n) is 1.90. The van der Waals surface area contributed by atoms with Crippen LogP contribution in [0.4, 0.5) is 4.39 Å². The maximum Gasteiger partial charge on any atom is 0.257 e. The third-order valence-corrected chi connectivity index (χ3v) is 2.90.